The van der Waals surface area contributed by atoms with Gasteiger partial charge in [0.25, 0.3) is 0 Å². The van der Waals surface area contributed by atoms with Gasteiger partial charge in [-0.3, -0.25) is 4.98 Å². The SMILES string of the molecule is O=C(Oc1ccc2ncccc2c1)N1CCSCC1. The predicted octanol–water partition coefficient (Wildman–Crippen LogP) is 2.78. The third kappa shape index (κ3) is 2.81. The van der Waals surface area contributed by atoms with Crippen LogP contribution in [0.3, 0.4) is 0 Å². The number of aromatic nitrogens is 1. The van der Waals surface area contributed by atoms with Crippen LogP contribution in [0.15, 0.2) is 36.5 Å². The van der Waals surface area contributed by atoms with E-state index >= 15 is 0 Å². The number of nitrogens with zero attached hydrogens (tertiary/aromatic N) is 2. The first-order chi connectivity index (χ1) is 9.33. The normalized spacial score (nSPS) is 15.5. The average molecular weight is 274 g/mol. The van der Waals surface area contributed by atoms with E-state index < -0.39 is 0 Å². The Hall–Kier alpha value is -1.75. The number of ether oxygens (including phenoxy) is 1. The van der Waals surface area contributed by atoms with Gasteiger partial charge in [0.2, 0.25) is 0 Å². The average Bonchev–Trinajstić information content (AvgIpc) is 2.48. The molecule has 1 amide bonds. The first kappa shape index (κ1) is 12.3. The van der Waals surface area contributed by atoms with Crippen molar-refractivity contribution in [3.63, 3.8) is 0 Å². The number of hydrogen-bond donors (Lipinski definition) is 0. The molecule has 98 valence electrons. The Morgan fingerprint density at radius 1 is 1.26 bits per heavy atom. The van der Waals surface area contributed by atoms with Crippen molar-refractivity contribution in [3.05, 3.63) is 36.5 Å². The molecule has 1 aliphatic rings. The maximum atomic E-state index is 12.0. The molecule has 1 aromatic heterocycles. The summed E-state index contributed by atoms with van der Waals surface area (Å²) in [6, 6.07) is 9.32. The van der Waals surface area contributed by atoms with Crippen molar-refractivity contribution < 1.29 is 9.53 Å². The highest BCUT2D eigenvalue weighted by Gasteiger charge is 2.18. The number of rotatable bonds is 1. The molecular weight excluding hydrogens is 260 g/mol. The van der Waals surface area contributed by atoms with Gasteiger partial charge in [0.1, 0.15) is 5.75 Å². The zero-order chi connectivity index (χ0) is 13.1. The molecule has 4 nitrogen and oxygen atoms in total. The summed E-state index contributed by atoms with van der Waals surface area (Å²) in [4.78, 5) is 18.0. The molecular formula is C14H14N2O2S. The zero-order valence-electron chi connectivity index (χ0n) is 10.4. The molecule has 19 heavy (non-hydrogen) atoms. The smallest absolute Gasteiger partial charge is 0.410 e. The van der Waals surface area contributed by atoms with Crippen LogP contribution in [0.4, 0.5) is 4.79 Å². The fourth-order valence-corrected chi connectivity index (χ4v) is 2.93. The van der Waals surface area contributed by atoms with E-state index in [4.69, 9.17) is 4.74 Å². The van der Waals surface area contributed by atoms with E-state index in [-0.39, 0.29) is 6.09 Å². The van der Waals surface area contributed by atoms with Crippen molar-refractivity contribution in [2.45, 2.75) is 0 Å². The van der Waals surface area contributed by atoms with Gasteiger partial charge in [-0.25, -0.2) is 4.79 Å². The second-order valence-corrected chi connectivity index (χ2v) is 5.55. The van der Waals surface area contributed by atoms with Crippen molar-refractivity contribution in [1.82, 2.24) is 9.88 Å². The largest absolute Gasteiger partial charge is 0.415 e. The minimum Gasteiger partial charge on any atom is -0.410 e. The maximum Gasteiger partial charge on any atom is 0.415 e. The molecule has 0 atom stereocenters. The summed E-state index contributed by atoms with van der Waals surface area (Å²) in [6.45, 7) is 1.53. The lowest BCUT2D eigenvalue weighted by molar-refractivity contribution is 0.157. The number of benzene rings is 1. The molecule has 3 rings (SSSR count). The highest BCUT2D eigenvalue weighted by atomic mass is 32.2. The predicted molar refractivity (Wildman–Crippen MR) is 76.7 cm³/mol. The van der Waals surface area contributed by atoms with Gasteiger partial charge >= 0.3 is 6.09 Å². The molecule has 2 aromatic rings. The molecule has 5 heteroatoms. The lowest BCUT2D eigenvalue weighted by Gasteiger charge is -2.25. The molecule has 1 aliphatic heterocycles. The molecule has 0 bridgehead atoms. The van der Waals surface area contributed by atoms with E-state index in [1.165, 1.54) is 0 Å². The summed E-state index contributed by atoms with van der Waals surface area (Å²) in [5.74, 6) is 2.54. The molecule has 0 N–H and O–H groups in total. The van der Waals surface area contributed by atoms with Gasteiger partial charge in [0.05, 0.1) is 5.52 Å². The van der Waals surface area contributed by atoms with Gasteiger partial charge < -0.3 is 9.64 Å². The third-order valence-corrected chi connectivity index (χ3v) is 3.99. The van der Waals surface area contributed by atoms with Crippen LogP contribution in [0.1, 0.15) is 0 Å². The summed E-state index contributed by atoms with van der Waals surface area (Å²) in [5, 5.41) is 0.974. The van der Waals surface area contributed by atoms with Crippen molar-refractivity contribution >= 4 is 28.8 Å². The number of hydrogen-bond acceptors (Lipinski definition) is 4. The van der Waals surface area contributed by atoms with E-state index in [1.807, 2.05) is 36.0 Å². The van der Waals surface area contributed by atoms with Crippen molar-refractivity contribution in [3.8, 4) is 5.75 Å². The molecule has 0 saturated carbocycles. The van der Waals surface area contributed by atoms with Crippen LogP contribution in [-0.4, -0.2) is 40.6 Å². The molecule has 0 unspecified atom stereocenters. The van der Waals surface area contributed by atoms with Crippen LogP contribution < -0.4 is 4.74 Å². The van der Waals surface area contributed by atoms with Gasteiger partial charge in [0.15, 0.2) is 0 Å². The quantitative estimate of drug-likeness (QED) is 0.802. The summed E-state index contributed by atoms with van der Waals surface area (Å²) < 4.78 is 5.41. The molecule has 1 fully saturated rings. The number of thioether (sulfide) groups is 1. The van der Waals surface area contributed by atoms with Crippen LogP contribution in [0.5, 0.6) is 5.75 Å². The van der Waals surface area contributed by atoms with E-state index in [2.05, 4.69) is 4.98 Å². The molecule has 2 heterocycles. The Kier molecular flexibility index (Phi) is 3.55. The summed E-state index contributed by atoms with van der Waals surface area (Å²) in [7, 11) is 0. The van der Waals surface area contributed by atoms with Crippen LogP contribution in [0.25, 0.3) is 10.9 Å². The maximum absolute atomic E-state index is 12.0. The van der Waals surface area contributed by atoms with Crippen LogP contribution in [0.2, 0.25) is 0 Å². The molecule has 1 aromatic carbocycles. The monoisotopic (exact) mass is 274 g/mol. The number of fused-ring (bicyclic) bond motifs is 1. The van der Waals surface area contributed by atoms with Gasteiger partial charge in [0, 0.05) is 36.2 Å². The van der Waals surface area contributed by atoms with Gasteiger partial charge in [-0.15, -0.1) is 0 Å². The minimum absolute atomic E-state index is 0.261. The van der Waals surface area contributed by atoms with Gasteiger partial charge in [-0.1, -0.05) is 6.07 Å². The van der Waals surface area contributed by atoms with Crippen LogP contribution >= 0.6 is 11.8 Å². The van der Waals surface area contributed by atoms with Crippen molar-refractivity contribution in [1.29, 1.82) is 0 Å². The Morgan fingerprint density at radius 3 is 2.95 bits per heavy atom. The molecule has 1 saturated heterocycles. The Balaban J connectivity index is 1.75. The summed E-state index contributed by atoms with van der Waals surface area (Å²) in [5.41, 5.74) is 0.900. The van der Waals surface area contributed by atoms with Crippen molar-refractivity contribution in [2.75, 3.05) is 24.6 Å². The van der Waals surface area contributed by atoms with E-state index in [1.54, 1.807) is 17.2 Å². The van der Waals surface area contributed by atoms with Gasteiger partial charge in [-0.2, -0.15) is 11.8 Å². The molecule has 0 aliphatic carbocycles. The van der Waals surface area contributed by atoms with E-state index in [0.717, 1.165) is 35.5 Å². The Morgan fingerprint density at radius 2 is 2.11 bits per heavy atom. The number of carbonyl (C=O) groups is 1. The Bertz CT molecular complexity index is 597. The second-order valence-electron chi connectivity index (χ2n) is 4.33. The highest BCUT2D eigenvalue weighted by molar-refractivity contribution is 7.99. The zero-order valence-corrected chi connectivity index (χ0v) is 11.2. The fourth-order valence-electron chi connectivity index (χ4n) is 2.03. The fraction of sp³-hybridized carbons (Fsp3) is 0.286. The van der Waals surface area contributed by atoms with E-state index in [0.29, 0.717) is 5.75 Å². The van der Waals surface area contributed by atoms with Gasteiger partial charge in [-0.05, 0) is 24.3 Å². The topological polar surface area (TPSA) is 42.4 Å². The molecule has 0 spiro atoms. The lowest BCUT2D eigenvalue weighted by atomic mass is 10.2. The van der Waals surface area contributed by atoms with Crippen LogP contribution in [-0.2, 0) is 0 Å². The van der Waals surface area contributed by atoms with Crippen molar-refractivity contribution in [2.24, 2.45) is 0 Å². The van der Waals surface area contributed by atoms with Crippen LogP contribution in [0, 0.1) is 0 Å². The minimum atomic E-state index is -0.261. The van der Waals surface area contributed by atoms with E-state index in [9.17, 15) is 4.79 Å². The summed E-state index contributed by atoms with van der Waals surface area (Å²) >= 11 is 1.87. The first-order valence-electron chi connectivity index (χ1n) is 6.22. The standard InChI is InChI=1S/C14H14N2O2S/c17-14(16-6-8-19-9-7-16)18-12-3-4-13-11(10-12)2-1-5-15-13/h1-5,10H,6-9H2. The number of carbonyl (C=O) groups excluding carboxylic acids is 1. The lowest BCUT2D eigenvalue weighted by Crippen LogP contribution is -2.39. The number of amides is 1. The Labute approximate surface area is 115 Å². The summed E-state index contributed by atoms with van der Waals surface area (Å²) in [6.07, 6.45) is 1.49. The highest BCUT2D eigenvalue weighted by Crippen LogP contribution is 2.20. The molecule has 0 radical (unpaired) electrons. The first-order valence-corrected chi connectivity index (χ1v) is 7.38. The second kappa shape index (κ2) is 5.48. The number of pyridine rings is 1. The third-order valence-electron chi connectivity index (χ3n) is 3.05.